The van der Waals surface area contributed by atoms with Crippen LogP contribution in [0.25, 0.3) is 0 Å². The maximum Gasteiger partial charge on any atom is 0.271 e. The van der Waals surface area contributed by atoms with Crippen molar-refractivity contribution in [3.05, 3.63) is 101 Å². The van der Waals surface area contributed by atoms with Gasteiger partial charge >= 0.3 is 0 Å². The summed E-state index contributed by atoms with van der Waals surface area (Å²) in [5.41, 5.74) is 7.22. The Kier molecular flexibility index (Phi) is 5.97. The summed E-state index contributed by atoms with van der Waals surface area (Å²) in [6.07, 6.45) is 1.60. The Morgan fingerprint density at radius 3 is 2.14 bits per heavy atom. The van der Waals surface area contributed by atoms with Crippen molar-refractivity contribution >= 4 is 23.7 Å². The molecule has 140 valence electrons. The third kappa shape index (κ3) is 5.14. The van der Waals surface area contributed by atoms with Gasteiger partial charge in [0.25, 0.3) is 11.8 Å². The Morgan fingerprint density at radius 1 is 0.786 bits per heavy atom. The molecule has 0 saturated heterocycles. The SMILES string of the molecule is Cc1cccc(C=NNC(=O)c2ccc(NC(=O)c3cccc(C)c3)cc2)c1. The van der Waals surface area contributed by atoms with Gasteiger partial charge in [-0.15, -0.1) is 0 Å². The molecule has 3 rings (SSSR count). The summed E-state index contributed by atoms with van der Waals surface area (Å²) < 4.78 is 0. The minimum absolute atomic E-state index is 0.191. The van der Waals surface area contributed by atoms with Gasteiger partial charge in [0.1, 0.15) is 0 Å². The molecule has 3 aromatic carbocycles. The number of benzene rings is 3. The molecule has 0 fully saturated rings. The fraction of sp³-hybridized carbons (Fsp3) is 0.0870. The summed E-state index contributed by atoms with van der Waals surface area (Å²) in [5, 5.41) is 6.80. The van der Waals surface area contributed by atoms with Gasteiger partial charge < -0.3 is 5.32 Å². The lowest BCUT2D eigenvalue weighted by Crippen LogP contribution is -2.18. The van der Waals surface area contributed by atoms with E-state index in [1.807, 2.05) is 56.3 Å². The van der Waals surface area contributed by atoms with Crippen LogP contribution in [0.1, 0.15) is 37.4 Å². The van der Waals surface area contributed by atoms with Crippen LogP contribution in [-0.4, -0.2) is 18.0 Å². The number of hydrogen-bond donors (Lipinski definition) is 2. The summed E-state index contributed by atoms with van der Waals surface area (Å²) in [6.45, 7) is 3.93. The number of amides is 2. The minimum atomic E-state index is -0.319. The zero-order valence-corrected chi connectivity index (χ0v) is 15.8. The number of hydrazone groups is 1. The summed E-state index contributed by atoms with van der Waals surface area (Å²) >= 11 is 0. The summed E-state index contributed by atoms with van der Waals surface area (Å²) in [4.78, 5) is 24.5. The Hall–Kier alpha value is -3.73. The van der Waals surface area contributed by atoms with E-state index in [-0.39, 0.29) is 11.8 Å². The highest BCUT2D eigenvalue weighted by Crippen LogP contribution is 2.12. The van der Waals surface area contributed by atoms with E-state index in [2.05, 4.69) is 15.8 Å². The second kappa shape index (κ2) is 8.77. The average Bonchev–Trinajstić information content (AvgIpc) is 2.68. The number of hydrogen-bond acceptors (Lipinski definition) is 3. The highest BCUT2D eigenvalue weighted by Gasteiger charge is 2.08. The molecule has 0 heterocycles. The van der Waals surface area contributed by atoms with Crippen LogP contribution in [0.5, 0.6) is 0 Å². The Bertz CT molecular complexity index is 1020. The number of nitrogens with zero attached hydrogens (tertiary/aromatic N) is 1. The lowest BCUT2D eigenvalue weighted by molar-refractivity contribution is 0.0954. The third-order valence-corrected chi connectivity index (χ3v) is 4.11. The third-order valence-electron chi connectivity index (χ3n) is 4.11. The molecule has 0 bridgehead atoms. The van der Waals surface area contributed by atoms with Gasteiger partial charge in [-0.25, -0.2) is 5.43 Å². The second-order valence-electron chi connectivity index (χ2n) is 6.51. The Labute approximate surface area is 164 Å². The van der Waals surface area contributed by atoms with Crippen molar-refractivity contribution in [1.82, 2.24) is 5.43 Å². The van der Waals surface area contributed by atoms with Crippen LogP contribution in [-0.2, 0) is 0 Å². The number of anilines is 1. The number of carbonyl (C=O) groups is 2. The molecule has 5 nitrogen and oxygen atoms in total. The maximum atomic E-state index is 12.3. The van der Waals surface area contributed by atoms with E-state index in [4.69, 9.17) is 0 Å². The second-order valence-corrected chi connectivity index (χ2v) is 6.51. The predicted molar refractivity (Wildman–Crippen MR) is 112 cm³/mol. The van der Waals surface area contributed by atoms with Crippen molar-refractivity contribution in [2.75, 3.05) is 5.32 Å². The summed E-state index contributed by atoms with van der Waals surface area (Å²) in [7, 11) is 0. The van der Waals surface area contributed by atoms with Gasteiger partial charge in [0, 0.05) is 16.8 Å². The van der Waals surface area contributed by atoms with Crippen LogP contribution in [0.4, 0.5) is 5.69 Å². The Balaban J connectivity index is 1.59. The maximum absolute atomic E-state index is 12.3. The van der Waals surface area contributed by atoms with Gasteiger partial charge in [-0.05, 0) is 55.8 Å². The van der Waals surface area contributed by atoms with Crippen molar-refractivity contribution in [3.8, 4) is 0 Å². The number of nitrogens with one attached hydrogen (secondary N) is 2. The van der Waals surface area contributed by atoms with E-state index in [0.29, 0.717) is 16.8 Å². The van der Waals surface area contributed by atoms with Crippen LogP contribution in [0.3, 0.4) is 0 Å². The monoisotopic (exact) mass is 371 g/mol. The van der Waals surface area contributed by atoms with Crippen LogP contribution < -0.4 is 10.7 Å². The molecule has 0 saturated carbocycles. The van der Waals surface area contributed by atoms with E-state index in [9.17, 15) is 9.59 Å². The molecule has 28 heavy (non-hydrogen) atoms. The first kappa shape index (κ1) is 19.0. The van der Waals surface area contributed by atoms with Gasteiger partial charge in [0.15, 0.2) is 0 Å². The van der Waals surface area contributed by atoms with Gasteiger partial charge in [-0.3, -0.25) is 9.59 Å². The normalized spacial score (nSPS) is 10.6. The van der Waals surface area contributed by atoms with Crippen LogP contribution in [0, 0.1) is 13.8 Å². The largest absolute Gasteiger partial charge is 0.322 e. The van der Waals surface area contributed by atoms with Gasteiger partial charge in [-0.1, -0.05) is 47.5 Å². The number of rotatable bonds is 5. The standard InChI is InChI=1S/C23H21N3O2/c1-16-5-3-7-18(13-16)15-24-26-23(28)19-9-11-21(12-10-19)25-22(27)20-8-4-6-17(2)14-20/h3-15H,1-2H3,(H,25,27)(H,26,28). The lowest BCUT2D eigenvalue weighted by Gasteiger charge is -2.07. The molecular weight excluding hydrogens is 350 g/mol. The molecule has 3 aromatic rings. The van der Waals surface area contributed by atoms with Crippen LogP contribution >= 0.6 is 0 Å². The quantitative estimate of drug-likeness (QED) is 0.518. The van der Waals surface area contributed by atoms with E-state index < -0.39 is 0 Å². The van der Waals surface area contributed by atoms with Crippen molar-refractivity contribution in [2.24, 2.45) is 5.10 Å². The number of aryl methyl sites for hydroxylation is 2. The first-order valence-corrected chi connectivity index (χ1v) is 8.89. The molecule has 0 aliphatic rings. The van der Waals surface area contributed by atoms with Gasteiger partial charge in [0.2, 0.25) is 0 Å². The molecule has 0 atom stereocenters. The highest BCUT2D eigenvalue weighted by molar-refractivity contribution is 6.04. The molecule has 0 aliphatic carbocycles. The first-order chi connectivity index (χ1) is 13.5. The van der Waals surface area contributed by atoms with Gasteiger partial charge in [0.05, 0.1) is 6.21 Å². The molecule has 0 aromatic heterocycles. The molecule has 0 unspecified atom stereocenters. The smallest absolute Gasteiger partial charge is 0.271 e. The topological polar surface area (TPSA) is 70.6 Å². The molecule has 0 spiro atoms. The van der Waals surface area contributed by atoms with Crippen LogP contribution in [0.15, 0.2) is 77.9 Å². The van der Waals surface area contributed by atoms with E-state index >= 15 is 0 Å². The fourth-order valence-electron chi connectivity index (χ4n) is 2.67. The van der Waals surface area contributed by atoms with E-state index in [1.54, 1.807) is 36.5 Å². The van der Waals surface area contributed by atoms with Crippen molar-refractivity contribution in [3.63, 3.8) is 0 Å². The van der Waals surface area contributed by atoms with E-state index in [1.165, 1.54) is 0 Å². The van der Waals surface area contributed by atoms with Crippen molar-refractivity contribution in [2.45, 2.75) is 13.8 Å². The average molecular weight is 371 g/mol. The van der Waals surface area contributed by atoms with Crippen molar-refractivity contribution < 1.29 is 9.59 Å². The molecule has 2 N–H and O–H groups in total. The zero-order chi connectivity index (χ0) is 19.9. The van der Waals surface area contributed by atoms with E-state index in [0.717, 1.165) is 16.7 Å². The number of carbonyl (C=O) groups excluding carboxylic acids is 2. The molecular formula is C23H21N3O2. The molecule has 5 heteroatoms. The highest BCUT2D eigenvalue weighted by atomic mass is 16.2. The summed E-state index contributed by atoms with van der Waals surface area (Å²) in [6, 6.07) is 21.8. The van der Waals surface area contributed by atoms with Crippen molar-refractivity contribution in [1.29, 1.82) is 0 Å². The molecule has 0 radical (unpaired) electrons. The van der Waals surface area contributed by atoms with Crippen LogP contribution in [0.2, 0.25) is 0 Å². The fourth-order valence-corrected chi connectivity index (χ4v) is 2.67. The first-order valence-electron chi connectivity index (χ1n) is 8.89. The molecule has 0 aliphatic heterocycles. The zero-order valence-electron chi connectivity index (χ0n) is 15.8. The lowest BCUT2D eigenvalue weighted by atomic mass is 10.1. The summed E-state index contributed by atoms with van der Waals surface area (Å²) in [5.74, 6) is -0.510. The molecule has 2 amide bonds. The minimum Gasteiger partial charge on any atom is -0.322 e. The predicted octanol–water partition coefficient (Wildman–Crippen LogP) is 4.32. The Morgan fingerprint density at radius 2 is 1.46 bits per heavy atom. The van der Waals surface area contributed by atoms with Gasteiger partial charge in [-0.2, -0.15) is 5.10 Å².